The van der Waals surface area contributed by atoms with Crippen LogP contribution in [0.15, 0.2) is 24.5 Å². The summed E-state index contributed by atoms with van der Waals surface area (Å²) in [7, 11) is 0. The van der Waals surface area contributed by atoms with Crippen molar-refractivity contribution in [3.05, 3.63) is 39.8 Å². The lowest BCUT2D eigenvalue weighted by atomic mass is 10.2. The smallest absolute Gasteiger partial charge is 0.339 e. The van der Waals surface area contributed by atoms with Crippen molar-refractivity contribution in [2.45, 2.75) is 13.8 Å². The third kappa shape index (κ3) is 4.14. The highest BCUT2D eigenvalue weighted by atomic mass is 32.1. The summed E-state index contributed by atoms with van der Waals surface area (Å²) in [5, 5.41) is 0. The fraction of sp³-hybridized carbons (Fsp3) is 0.412. The molecule has 0 atom stereocenters. The summed E-state index contributed by atoms with van der Waals surface area (Å²) in [4.78, 5) is 38.5. The van der Waals surface area contributed by atoms with Gasteiger partial charge in [-0.2, -0.15) is 0 Å². The van der Waals surface area contributed by atoms with E-state index in [1.807, 2.05) is 18.7 Å². The van der Waals surface area contributed by atoms with E-state index in [9.17, 15) is 9.59 Å². The van der Waals surface area contributed by atoms with Crippen molar-refractivity contribution in [1.82, 2.24) is 14.9 Å². The summed E-state index contributed by atoms with van der Waals surface area (Å²) in [6.45, 7) is 6.03. The maximum atomic E-state index is 12.3. The Morgan fingerprint density at radius 1 is 1.16 bits per heavy atom. The van der Waals surface area contributed by atoms with E-state index in [1.165, 1.54) is 0 Å². The van der Waals surface area contributed by atoms with Gasteiger partial charge in [0, 0.05) is 48.3 Å². The Labute approximate surface area is 150 Å². The Hall–Kier alpha value is -2.48. The van der Waals surface area contributed by atoms with Gasteiger partial charge in [0.15, 0.2) is 6.61 Å². The number of nitrogens with zero attached hydrogens (tertiary/aromatic N) is 4. The van der Waals surface area contributed by atoms with Crippen molar-refractivity contribution in [2.75, 3.05) is 37.7 Å². The largest absolute Gasteiger partial charge is 0.452 e. The van der Waals surface area contributed by atoms with E-state index < -0.39 is 5.97 Å². The third-order valence-electron chi connectivity index (χ3n) is 4.05. The molecule has 8 heteroatoms. The number of thiophene rings is 1. The van der Waals surface area contributed by atoms with Crippen molar-refractivity contribution in [3.63, 3.8) is 0 Å². The first kappa shape index (κ1) is 17.3. The highest BCUT2D eigenvalue weighted by Gasteiger charge is 2.23. The molecular weight excluding hydrogens is 340 g/mol. The van der Waals surface area contributed by atoms with E-state index in [1.54, 1.807) is 40.8 Å². The zero-order chi connectivity index (χ0) is 17.8. The first-order valence-corrected chi connectivity index (χ1v) is 8.90. The van der Waals surface area contributed by atoms with Gasteiger partial charge in [-0.1, -0.05) is 0 Å². The van der Waals surface area contributed by atoms with E-state index in [0.717, 1.165) is 9.75 Å². The Kier molecular flexibility index (Phi) is 5.28. The fourth-order valence-electron chi connectivity index (χ4n) is 2.74. The molecule has 2 aromatic heterocycles. The molecule has 7 nitrogen and oxygen atoms in total. The molecular formula is C17H20N4O3S. The lowest BCUT2D eigenvalue weighted by Gasteiger charge is -2.34. The summed E-state index contributed by atoms with van der Waals surface area (Å²) in [6, 6.07) is 3.57. The van der Waals surface area contributed by atoms with Gasteiger partial charge in [-0.3, -0.25) is 4.79 Å². The average Bonchev–Trinajstić information content (AvgIpc) is 2.98. The Morgan fingerprint density at radius 2 is 1.84 bits per heavy atom. The first-order valence-electron chi connectivity index (χ1n) is 8.08. The second kappa shape index (κ2) is 7.60. The Morgan fingerprint density at radius 3 is 2.44 bits per heavy atom. The van der Waals surface area contributed by atoms with Gasteiger partial charge in [0.1, 0.15) is 0 Å². The molecule has 0 aliphatic carbocycles. The van der Waals surface area contributed by atoms with E-state index in [4.69, 9.17) is 4.74 Å². The maximum absolute atomic E-state index is 12.3. The fourth-order valence-corrected chi connectivity index (χ4v) is 3.65. The molecule has 1 aliphatic heterocycles. The summed E-state index contributed by atoms with van der Waals surface area (Å²) in [5.41, 5.74) is 0.543. The lowest BCUT2D eigenvalue weighted by Crippen LogP contribution is -2.50. The van der Waals surface area contributed by atoms with Crippen LogP contribution in [0, 0.1) is 13.8 Å². The molecule has 0 saturated carbocycles. The van der Waals surface area contributed by atoms with Gasteiger partial charge < -0.3 is 14.5 Å². The van der Waals surface area contributed by atoms with Crippen LogP contribution in [0.25, 0.3) is 0 Å². The van der Waals surface area contributed by atoms with Crippen LogP contribution in [0.1, 0.15) is 20.1 Å². The standard InChI is InChI=1S/C17H20N4O3S/c1-12-10-14(13(2)25-12)16(23)24-11-15(22)20-6-8-21(9-7-20)17-18-4-3-5-19-17/h3-5,10H,6-9,11H2,1-2H3. The van der Waals surface area contributed by atoms with E-state index in [0.29, 0.717) is 37.7 Å². The number of amides is 1. The molecule has 1 saturated heterocycles. The summed E-state index contributed by atoms with van der Waals surface area (Å²) in [5.74, 6) is 0.0578. The van der Waals surface area contributed by atoms with Crippen LogP contribution in [0.5, 0.6) is 0 Å². The number of ether oxygens (including phenoxy) is 1. The number of hydrogen-bond donors (Lipinski definition) is 0. The molecule has 3 heterocycles. The monoisotopic (exact) mass is 360 g/mol. The Bertz CT molecular complexity index is 755. The molecule has 0 aromatic carbocycles. The van der Waals surface area contributed by atoms with Gasteiger partial charge in [-0.25, -0.2) is 14.8 Å². The molecule has 0 radical (unpaired) electrons. The van der Waals surface area contributed by atoms with E-state index in [2.05, 4.69) is 9.97 Å². The molecule has 0 bridgehead atoms. The third-order valence-corrected chi connectivity index (χ3v) is 5.02. The second-order valence-electron chi connectivity index (χ2n) is 5.82. The average molecular weight is 360 g/mol. The highest BCUT2D eigenvalue weighted by Crippen LogP contribution is 2.21. The molecule has 1 fully saturated rings. The molecule has 132 valence electrons. The predicted molar refractivity (Wildman–Crippen MR) is 94.9 cm³/mol. The maximum Gasteiger partial charge on any atom is 0.339 e. The normalized spacial score (nSPS) is 14.5. The zero-order valence-corrected chi connectivity index (χ0v) is 15.1. The van der Waals surface area contributed by atoms with Gasteiger partial charge in [0.05, 0.1) is 5.56 Å². The van der Waals surface area contributed by atoms with Crippen LogP contribution in [0.2, 0.25) is 0 Å². The molecule has 1 amide bonds. The first-order chi connectivity index (χ1) is 12.0. The molecule has 0 spiro atoms. The summed E-state index contributed by atoms with van der Waals surface area (Å²) in [6.07, 6.45) is 3.40. The van der Waals surface area contributed by atoms with Crippen LogP contribution in [-0.4, -0.2) is 59.5 Å². The Balaban J connectivity index is 1.48. The van der Waals surface area contributed by atoms with E-state index in [-0.39, 0.29) is 12.5 Å². The molecule has 25 heavy (non-hydrogen) atoms. The molecule has 1 aliphatic rings. The number of carbonyl (C=O) groups excluding carboxylic acids is 2. The van der Waals surface area contributed by atoms with Gasteiger partial charge in [-0.05, 0) is 26.0 Å². The molecule has 2 aromatic rings. The van der Waals surface area contributed by atoms with Crippen molar-refractivity contribution in [1.29, 1.82) is 0 Å². The van der Waals surface area contributed by atoms with Crippen molar-refractivity contribution < 1.29 is 14.3 Å². The van der Waals surface area contributed by atoms with Crippen molar-refractivity contribution in [3.8, 4) is 0 Å². The lowest BCUT2D eigenvalue weighted by molar-refractivity contribution is -0.134. The van der Waals surface area contributed by atoms with Gasteiger partial charge in [0.2, 0.25) is 5.95 Å². The molecule has 0 N–H and O–H groups in total. The quantitative estimate of drug-likeness (QED) is 0.772. The summed E-state index contributed by atoms with van der Waals surface area (Å²) < 4.78 is 5.19. The minimum Gasteiger partial charge on any atom is -0.452 e. The number of rotatable bonds is 4. The number of piperazine rings is 1. The molecule has 3 rings (SSSR count). The van der Waals surface area contributed by atoms with Crippen molar-refractivity contribution >= 4 is 29.2 Å². The van der Waals surface area contributed by atoms with Crippen LogP contribution < -0.4 is 4.90 Å². The van der Waals surface area contributed by atoms with Crippen LogP contribution in [0.3, 0.4) is 0 Å². The topological polar surface area (TPSA) is 75.6 Å². The SMILES string of the molecule is Cc1cc(C(=O)OCC(=O)N2CCN(c3ncccn3)CC2)c(C)s1. The van der Waals surface area contributed by atoms with E-state index >= 15 is 0 Å². The van der Waals surface area contributed by atoms with Crippen LogP contribution >= 0.6 is 11.3 Å². The van der Waals surface area contributed by atoms with Crippen LogP contribution in [0.4, 0.5) is 5.95 Å². The minimum atomic E-state index is -0.438. The highest BCUT2D eigenvalue weighted by molar-refractivity contribution is 7.12. The number of carbonyl (C=O) groups is 2. The number of anilines is 1. The second-order valence-corrected chi connectivity index (χ2v) is 7.28. The number of aromatic nitrogens is 2. The summed E-state index contributed by atoms with van der Waals surface area (Å²) >= 11 is 1.54. The number of aryl methyl sites for hydroxylation is 2. The zero-order valence-electron chi connectivity index (χ0n) is 14.3. The number of hydrogen-bond acceptors (Lipinski definition) is 7. The van der Waals surface area contributed by atoms with Gasteiger partial charge >= 0.3 is 5.97 Å². The minimum absolute atomic E-state index is 0.174. The van der Waals surface area contributed by atoms with Gasteiger partial charge in [-0.15, -0.1) is 11.3 Å². The molecule has 0 unspecified atom stereocenters. The van der Waals surface area contributed by atoms with Crippen LogP contribution in [-0.2, 0) is 9.53 Å². The number of esters is 1. The van der Waals surface area contributed by atoms with Crippen molar-refractivity contribution in [2.24, 2.45) is 0 Å². The predicted octanol–water partition coefficient (Wildman–Crippen LogP) is 1.66. The van der Waals surface area contributed by atoms with Gasteiger partial charge in [0.25, 0.3) is 5.91 Å².